The Hall–Kier alpha value is -1.93. The van der Waals surface area contributed by atoms with E-state index in [4.69, 9.17) is 4.74 Å². The number of hydrogen-bond donors (Lipinski definition) is 2. The van der Waals surface area contributed by atoms with E-state index < -0.39 is 16.1 Å². The van der Waals surface area contributed by atoms with Crippen LogP contribution in [-0.4, -0.2) is 26.7 Å². The van der Waals surface area contributed by atoms with Gasteiger partial charge in [0.05, 0.1) is 17.6 Å². The molecule has 2 N–H and O–H groups in total. The minimum atomic E-state index is -3.68. The topological polar surface area (TPSA) is 75.6 Å². The summed E-state index contributed by atoms with van der Waals surface area (Å²) in [7, 11) is -3.68. The van der Waals surface area contributed by atoms with Gasteiger partial charge < -0.3 is 9.84 Å². The largest absolute Gasteiger partial charge is 0.493 e. The van der Waals surface area contributed by atoms with Crippen molar-refractivity contribution in [1.82, 2.24) is 4.72 Å². The van der Waals surface area contributed by atoms with Gasteiger partial charge >= 0.3 is 0 Å². The van der Waals surface area contributed by atoms with Crippen LogP contribution in [0.1, 0.15) is 17.2 Å². The number of fused-ring (bicyclic) bond motifs is 2. The quantitative estimate of drug-likeness (QED) is 0.719. The third kappa shape index (κ3) is 3.16. The second-order valence-electron chi connectivity index (χ2n) is 5.92. The summed E-state index contributed by atoms with van der Waals surface area (Å²) in [5.41, 5.74) is 1.64. The molecule has 0 radical (unpaired) electrons. The summed E-state index contributed by atoms with van der Waals surface area (Å²) in [4.78, 5) is 0.194. The highest BCUT2D eigenvalue weighted by Gasteiger charge is 2.21. The summed E-state index contributed by atoms with van der Waals surface area (Å²) in [6.45, 7) is 0.507. The smallest absolute Gasteiger partial charge is 0.240 e. The Kier molecular flexibility index (Phi) is 4.24. The second kappa shape index (κ2) is 6.42. The van der Waals surface area contributed by atoms with Crippen LogP contribution in [0.2, 0.25) is 0 Å². The van der Waals surface area contributed by atoms with E-state index in [0.717, 1.165) is 27.0 Å². The van der Waals surface area contributed by atoms with Crippen molar-refractivity contribution in [2.45, 2.75) is 17.4 Å². The lowest BCUT2D eigenvalue weighted by molar-refractivity contribution is 0.184. The van der Waals surface area contributed by atoms with Gasteiger partial charge in [0.1, 0.15) is 5.75 Å². The molecule has 5 nitrogen and oxygen atoms in total. The van der Waals surface area contributed by atoms with E-state index in [1.165, 1.54) is 17.4 Å². The van der Waals surface area contributed by atoms with Gasteiger partial charge in [-0.05, 0) is 40.6 Å². The summed E-state index contributed by atoms with van der Waals surface area (Å²) in [5, 5.41) is 13.3. The number of sulfonamides is 1. The molecule has 0 unspecified atom stereocenters. The summed E-state index contributed by atoms with van der Waals surface area (Å²) in [6, 6.07) is 12.6. The zero-order chi connectivity index (χ0) is 17.4. The van der Waals surface area contributed by atoms with Gasteiger partial charge in [-0.1, -0.05) is 18.2 Å². The lowest BCUT2D eigenvalue weighted by Gasteiger charge is -2.12. The van der Waals surface area contributed by atoms with Crippen molar-refractivity contribution in [2.75, 3.05) is 13.2 Å². The maximum absolute atomic E-state index is 12.5. The fourth-order valence-electron chi connectivity index (χ4n) is 2.97. The first kappa shape index (κ1) is 16.5. The summed E-state index contributed by atoms with van der Waals surface area (Å²) in [6.07, 6.45) is -0.189. The molecule has 4 rings (SSSR count). The Morgan fingerprint density at radius 3 is 2.96 bits per heavy atom. The van der Waals surface area contributed by atoms with Crippen LogP contribution in [0, 0.1) is 0 Å². The first-order valence-corrected chi connectivity index (χ1v) is 10.3. The molecule has 1 atom stereocenters. The number of nitrogens with one attached hydrogen (secondary N) is 1. The van der Waals surface area contributed by atoms with Crippen molar-refractivity contribution in [2.24, 2.45) is 0 Å². The van der Waals surface area contributed by atoms with Gasteiger partial charge in [-0.25, -0.2) is 13.1 Å². The number of rotatable bonds is 5. The molecule has 1 aromatic heterocycles. The number of ether oxygens (including phenoxy) is 1. The number of benzene rings is 2. The summed E-state index contributed by atoms with van der Waals surface area (Å²) in [5.74, 6) is 0.740. The molecule has 3 aromatic rings. The molecule has 0 spiro atoms. The van der Waals surface area contributed by atoms with E-state index in [2.05, 4.69) is 4.72 Å². The van der Waals surface area contributed by atoms with Crippen LogP contribution in [0.3, 0.4) is 0 Å². The predicted octanol–water partition coefficient (Wildman–Crippen LogP) is 2.85. The van der Waals surface area contributed by atoms with Crippen LogP contribution in [0.5, 0.6) is 5.75 Å². The van der Waals surface area contributed by atoms with E-state index in [9.17, 15) is 13.5 Å². The highest BCUT2D eigenvalue weighted by atomic mass is 32.2. The number of hydrogen-bond acceptors (Lipinski definition) is 5. The minimum Gasteiger partial charge on any atom is -0.493 e. The van der Waals surface area contributed by atoms with Crippen LogP contribution in [0.25, 0.3) is 10.1 Å². The average molecular weight is 375 g/mol. The molecule has 0 fully saturated rings. The lowest BCUT2D eigenvalue weighted by Crippen LogP contribution is -2.28. The Morgan fingerprint density at radius 1 is 1.24 bits per heavy atom. The van der Waals surface area contributed by atoms with Gasteiger partial charge in [-0.3, -0.25) is 0 Å². The summed E-state index contributed by atoms with van der Waals surface area (Å²) >= 11 is 1.53. The number of thiophene rings is 1. The van der Waals surface area contributed by atoms with Crippen molar-refractivity contribution in [3.63, 3.8) is 0 Å². The molecule has 0 saturated heterocycles. The van der Waals surface area contributed by atoms with Crippen LogP contribution < -0.4 is 9.46 Å². The maximum atomic E-state index is 12.5. The zero-order valence-electron chi connectivity index (χ0n) is 13.3. The molecular formula is C18H17NO4S2. The van der Waals surface area contributed by atoms with E-state index >= 15 is 0 Å². The second-order valence-corrected chi connectivity index (χ2v) is 8.60. The SMILES string of the molecule is O=S(=O)(NC[C@H](O)c1csc2ccccc12)c1ccc2c(c1)CCO2. The zero-order valence-corrected chi connectivity index (χ0v) is 14.9. The van der Waals surface area contributed by atoms with Gasteiger partial charge in [0.2, 0.25) is 10.0 Å². The maximum Gasteiger partial charge on any atom is 0.240 e. The Balaban J connectivity index is 1.52. The van der Waals surface area contributed by atoms with E-state index in [-0.39, 0.29) is 11.4 Å². The Bertz CT molecular complexity index is 1030. The van der Waals surface area contributed by atoms with Gasteiger partial charge in [-0.15, -0.1) is 11.3 Å². The van der Waals surface area contributed by atoms with Crippen molar-refractivity contribution >= 4 is 31.4 Å². The third-order valence-electron chi connectivity index (χ3n) is 4.31. The first-order chi connectivity index (χ1) is 12.0. The van der Waals surface area contributed by atoms with Crippen LogP contribution >= 0.6 is 11.3 Å². The molecule has 0 aliphatic carbocycles. The molecule has 0 amide bonds. The summed E-state index contributed by atoms with van der Waals surface area (Å²) < 4.78 is 34.0. The van der Waals surface area contributed by atoms with Crippen LogP contribution in [0.15, 0.2) is 52.7 Å². The third-order valence-corrected chi connectivity index (χ3v) is 6.71. The predicted molar refractivity (Wildman–Crippen MR) is 97.6 cm³/mol. The molecule has 7 heteroatoms. The molecule has 2 heterocycles. The molecule has 2 aromatic carbocycles. The van der Waals surface area contributed by atoms with Gasteiger partial charge in [0.15, 0.2) is 0 Å². The highest BCUT2D eigenvalue weighted by Crippen LogP contribution is 2.30. The molecule has 0 saturated carbocycles. The minimum absolute atomic E-state index is 0.0728. The van der Waals surface area contributed by atoms with Gasteiger partial charge in [-0.2, -0.15) is 0 Å². The molecule has 0 bridgehead atoms. The molecule has 1 aliphatic heterocycles. The van der Waals surface area contributed by atoms with Crippen LogP contribution in [-0.2, 0) is 16.4 Å². The van der Waals surface area contributed by atoms with Gasteiger partial charge in [0, 0.05) is 23.2 Å². The molecule has 25 heavy (non-hydrogen) atoms. The monoisotopic (exact) mass is 375 g/mol. The van der Waals surface area contributed by atoms with Crippen molar-refractivity contribution in [3.8, 4) is 5.75 Å². The Labute approximate surface area is 149 Å². The lowest BCUT2D eigenvalue weighted by atomic mass is 10.1. The van der Waals surface area contributed by atoms with Crippen molar-refractivity contribution in [1.29, 1.82) is 0 Å². The number of aliphatic hydroxyl groups excluding tert-OH is 1. The first-order valence-electron chi connectivity index (χ1n) is 7.94. The standard InChI is InChI=1S/C18H17NO4S2/c20-16(15-11-24-18-4-2-1-3-14(15)18)10-19-25(21,22)13-5-6-17-12(9-13)7-8-23-17/h1-6,9,11,16,19-20H,7-8,10H2/t16-/m0/s1. The molecule has 1 aliphatic rings. The normalized spacial score (nSPS) is 15.1. The van der Waals surface area contributed by atoms with Crippen LogP contribution in [0.4, 0.5) is 0 Å². The fraction of sp³-hybridized carbons (Fsp3) is 0.222. The fourth-order valence-corrected chi connectivity index (χ4v) is 5.06. The van der Waals surface area contributed by atoms with E-state index in [1.54, 1.807) is 12.1 Å². The van der Waals surface area contributed by atoms with E-state index in [1.807, 2.05) is 29.6 Å². The van der Waals surface area contributed by atoms with Gasteiger partial charge in [0.25, 0.3) is 0 Å². The van der Waals surface area contributed by atoms with E-state index in [0.29, 0.717) is 13.0 Å². The highest BCUT2D eigenvalue weighted by molar-refractivity contribution is 7.89. The van der Waals surface area contributed by atoms with Crippen molar-refractivity contribution in [3.05, 3.63) is 59.0 Å². The molecule has 130 valence electrons. The molecular weight excluding hydrogens is 358 g/mol. The van der Waals surface area contributed by atoms with Crippen molar-refractivity contribution < 1.29 is 18.3 Å². The Morgan fingerprint density at radius 2 is 2.08 bits per heavy atom. The average Bonchev–Trinajstić information content (AvgIpc) is 3.25. The number of aliphatic hydroxyl groups is 1.